The zero-order chi connectivity index (χ0) is 28.4. The van der Waals surface area contributed by atoms with Crippen LogP contribution in [0.3, 0.4) is 0 Å². The number of aryl methyl sites for hydroxylation is 1. The molecule has 2 N–H and O–H groups in total. The van der Waals surface area contributed by atoms with Crippen LogP contribution in [0.5, 0.6) is 11.5 Å². The van der Waals surface area contributed by atoms with Gasteiger partial charge in [-0.15, -0.1) is 0 Å². The first-order chi connectivity index (χ1) is 20.1. The highest BCUT2D eigenvalue weighted by molar-refractivity contribution is 5.78. The summed E-state index contributed by atoms with van der Waals surface area (Å²) in [5, 5.41) is 18.3. The van der Waals surface area contributed by atoms with Crippen LogP contribution in [0.1, 0.15) is 11.1 Å². The second-order valence-corrected chi connectivity index (χ2v) is 9.97. The van der Waals surface area contributed by atoms with Crippen LogP contribution in [0.2, 0.25) is 0 Å². The van der Waals surface area contributed by atoms with Gasteiger partial charge in [0.1, 0.15) is 24.2 Å². The van der Waals surface area contributed by atoms with Gasteiger partial charge in [-0.1, -0.05) is 72.3 Å². The Labute approximate surface area is 241 Å². The molecule has 0 spiro atoms. The summed E-state index contributed by atoms with van der Waals surface area (Å²) in [4.78, 5) is 2.24. The van der Waals surface area contributed by atoms with Gasteiger partial charge < -0.3 is 24.6 Å². The number of aliphatic hydroxyl groups excluding tert-OH is 2. The number of hydrogen-bond donors (Lipinski definition) is 2. The van der Waals surface area contributed by atoms with Crippen molar-refractivity contribution in [1.82, 2.24) is 0 Å². The van der Waals surface area contributed by atoms with Crippen molar-refractivity contribution < 1.29 is 19.7 Å². The van der Waals surface area contributed by atoms with Crippen LogP contribution in [0, 0.1) is 6.92 Å². The molecule has 5 aromatic rings. The summed E-state index contributed by atoms with van der Waals surface area (Å²) in [6.45, 7) is 2.40. The van der Waals surface area contributed by atoms with E-state index in [0.717, 1.165) is 34.8 Å². The minimum Gasteiger partial charge on any atom is -0.493 e. The molecule has 0 aromatic heterocycles. The smallest absolute Gasteiger partial charge is 0.119 e. The lowest BCUT2D eigenvalue weighted by atomic mass is 10.0. The second kappa shape index (κ2) is 13.7. The number of ether oxygens (including phenoxy) is 2. The highest BCUT2D eigenvalue weighted by Gasteiger charge is 2.13. The van der Waals surface area contributed by atoms with Crippen LogP contribution in [0.25, 0.3) is 11.1 Å². The van der Waals surface area contributed by atoms with Gasteiger partial charge in [0.25, 0.3) is 0 Å². The lowest BCUT2D eigenvalue weighted by Crippen LogP contribution is -2.21. The molecule has 5 aromatic carbocycles. The number of para-hydroxylation sites is 1. The van der Waals surface area contributed by atoms with Crippen LogP contribution in [-0.4, -0.2) is 36.1 Å². The van der Waals surface area contributed by atoms with Crippen molar-refractivity contribution in [1.29, 1.82) is 0 Å². The van der Waals surface area contributed by atoms with E-state index in [0.29, 0.717) is 12.4 Å². The Morgan fingerprint density at radius 2 is 1.12 bits per heavy atom. The molecule has 41 heavy (non-hydrogen) atoms. The van der Waals surface area contributed by atoms with Gasteiger partial charge in [0.15, 0.2) is 0 Å². The first-order valence-corrected chi connectivity index (χ1v) is 13.8. The van der Waals surface area contributed by atoms with Crippen LogP contribution in [-0.2, 0) is 6.42 Å². The molecular formula is C36H35NO4. The van der Waals surface area contributed by atoms with Crippen molar-refractivity contribution in [2.45, 2.75) is 19.4 Å². The lowest BCUT2D eigenvalue weighted by Gasteiger charge is -2.26. The molecule has 5 rings (SSSR count). The topological polar surface area (TPSA) is 62.2 Å². The monoisotopic (exact) mass is 545 g/mol. The molecule has 0 aliphatic rings. The van der Waals surface area contributed by atoms with Crippen molar-refractivity contribution in [3.8, 4) is 22.6 Å². The average molecular weight is 546 g/mol. The van der Waals surface area contributed by atoms with Crippen molar-refractivity contribution in [3.63, 3.8) is 0 Å². The SMILES string of the molecule is Cc1ccc(-c2ccc(N(c3ccccc3)c3ccc(OCCc4ccc(OCC(O)CO)cc4)cc3)cc2)cc1. The average Bonchev–Trinajstić information content (AvgIpc) is 3.03. The molecule has 0 aliphatic heterocycles. The summed E-state index contributed by atoms with van der Waals surface area (Å²) in [5.41, 5.74) is 7.99. The fraction of sp³-hybridized carbons (Fsp3) is 0.167. The highest BCUT2D eigenvalue weighted by atomic mass is 16.5. The molecule has 0 aliphatic carbocycles. The van der Waals surface area contributed by atoms with Gasteiger partial charge in [-0.05, 0) is 84.3 Å². The van der Waals surface area contributed by atoms with Crippen LogP contribution < -0.4 is 14.4 Å². The van der Waals surface area contributed by atoms with Crippen molar-refractivity contribution in [2.24, 2.45) is 0 Å². The molecule has 1 atom stereocenters. The van der Waals surface area contributed by atoms with Crippen LogP contribution in [0.15, 0.2) is 127 Å². The largest absolute Gasteiger partial charge is 0.493 e. The van der Waals surface area contributed by atoms with Gasteiger partial charge >= 0.3 is 0 Å². The summed E-state index contributed by atoms with van der Waals surface area (Å²) in [5.74, 6) is 1.47. The highest BCUT2D eigenvalue weighted by Crippen LogP contribution is 2.36. The van der Waals surface area contributed by atoms with E-state index < -0.39 is 6.10 Å². The molecule has 0 saturated carbocycles. The molecule has 0 amide bonds. The first kappa shape index (κ1) is 28.0. The summed E-state index contributed by atoms with van der Waals surface area (Å²) in [6.07, 6.45) is -0.121. The Morgan fingerprint density at radius 1 is 0.610 bits per heavy atom. The van der Waals surface area contributed by atoms with Gasteiger partial charge in [0.2, 0.25) is 0 Å². The van der Waals surface area contributed by atoms with Gasteiger partial charge in [-0.25, -0.2) is 0 Å². The van der Waals surface area contributed by atoms with Gasteiger partial charge in [0, 0.05) is 23.5 Å². The van der Waals surface area contributed by atoms with Crippen molar-refractivity contribution >= 4 is 17.1 Å². The Hall–Kier alpha value is -4.58. The Bertz CT molecular complexity index is 1480. The molecule has 0 saturated heterocycles. The van der Waals surface area contributed by atoms with E-state index in [9.17, 15) is 5.11 Å². The summed E-state index contributed by atoms with van der Waals surface area (Å²) in [6, 6.07) is 43.5. The second-order valence-electron chi connectivity index (χ2n) is 9.97. The molecule has 0 radical (unpaired) electrons. The van der Waals surface area contributed by atoms with E-state index in [4.69, 9.17) is 14.6 Å². The zero-order valence-electron chi connectivity index (χ0n) is 23.2. The summed E-state index contributed by atoms with van der Waals surface area (Å²) in [7, 11) is 0. The van der Waals surface area contributed by atoms with E-state index >= 15 is 0 Å². The van der Waals surface area contributed by atoms with Gasteiger partial charge in [0.05, 0.1) is 13.2 Å². The number of nitrogens with zero attached hydrogens (tertiary/aromatic N) is 1. The number of aliphatic hydroxyl groups is 2. The quantitative estimate of drug-likeness (QED) is 0.170. The number of anilines is 3. The van der Waals surface area contributed by atoms with E-state index in [1.54, 1.807) is 0 Å². The van der Waals surface area contributed by atoms with E-state index in [1.165, 1.54) is 16.7 Å². The molecule has 1 unspecified atom stereocenters. The Kier molecular flexibility index (Phi) is 9.32. The van der Waals surface area contributed by atoms with E-state index in [1.807, 2.05) is 42.5 Å². The fourth-order valence-electron chi connectivity index (χ4n) is 4.55. The predicted molar refractivity (Wildman–Crippen MR) is 166 cm³/mol. The normalized spacial score (nSPS) is 11.6. The minimum atomic E-state index is -0.876. The molecule has 0 bridgehead atoms. The fourth-order valence-corrected chi connectivity index (χ4v) is 4.55. The third-order valence-electron chi connectivity index (χ3n) is 6.86. The standard InChI is InChI=1S/C36H35NO4/c1-27-7-11-29(12-8-27)30-13-15-32(16-14-30)37(31-5-3-2-4-6-31)33-17-21-35(22-18-33)40-24-23-28-9-19-36(20-10-28)41-26-34(39)25-38/h2-22,34,38-39H,23-26H2,1H3. The molecular weight excluding hydrogens is 510 g/mol. The molecule has 5 heteroatoms. The maximum absolute atomic E-state index is 9.42. The van der Waals surface area contributed by atoms with Crippen LogP contribution in [0.4, 0.5) is 17.1 Å². The summed E-state index contributed by atoms with van der Waals surface area (Å²) < 4.78 is 11.5. The summed E-state index contributed by atoms with van der Waals surface area (Å²) >= 11 is 0. The van der Waals surface area contributed by atoms with Crippen molar-refractivity contribution in [2.75, 3.05) is 24.7 Å². The number of rotatable bonds is 12. The molecule has 0 heterocycles. The predicted octanol–water partition coefficient (Wildman–Crippen LogP) is 7.49. The van der Waals surface area contributed by atoms with E-state index in [-0.39, 0.29) is 13.2 Å². The zero-order valence-corrected chi connectivity index (χ0v) is 23.2. The number of benzene rings is 5. The lowest BCUT2D eigenvalue weighted by molar-refractivity contribution is 0.0536. The maximum atomic E-state index is 9.42. The minimum absolute atomic E-state index is 0.0649. The Balaban J connectivity index is 1.24. The third-order valence-corrected chi connectivity index (χ3v) is 6.86. The maximum Gasteiger partial charge on any atom is 0.119 e. The molecule has 208 valence electrons. The first-order valence-electron chi connectivity index (χ1n) is 13.8. The van der Waals surface area contributed by atoms with Crippen molar-refractivity contribution in [3.05, 3.63) is 139 Å². The van der Waals surface area contributed by atoms with E-state index in [2.05, 4.69) is 96.8 Å². The molecule has 5 nitrogen and oxygen atoms in total. The van der Waals surface area contributed by atoms with Gasteiger partial charge in [-0.2, -0.15) is 0 Å². The van der Waals surface area contributed by atoms with Gasteiger partial charge in [-0.3, -0.25) is 0 Å². The third kappa shape index (κ3) is 7.54. The Morgan fingerprint density at radius 3 is 1.73 bits per heavy atom. The van der Waals surface area contributed by atoms with Crippen LogP contribution >= 0.6 is 0 Å². The number of hydrogen-bond acceptors (Lipinski definition) is 5. The molecule has 0 fully saturated rings.